The van der Waals surface area contributed by atoms with Gasteiger partial charge in [0.05, 0.1) is 18.0 Å². The van der Waals surface area contributed by atoms with Crippen LogP contribution >= 0.6 is 23.1 Å². The van der Waals surface area contributed by atoms with Gasteiger partial charge < -0.3 is 4.57 Å². The maximum Gasteiger partial charge on any atom is 0.332 e. The Hall–Kier alpha value is -3.76. The Balaban J connectivity index is 1.44. The first kappa shape index (κ1) is 21.5. The lowest BCUT2D eigenvalue weighted by Gasteiger charge is -2.08. The number of carbonyl (C=O) groups is 1. The zero-order valence-corrected chi connectivity index (χ0v) is 18.6. The molecule has 0 aliphatic carbocycles. The van der Waals surface area contributed by atoms with Crippen LogP contribution in [-0.4, -0.2) is 34.8 Å². The third-order valence-electron chi connectivity index (χ3n) is 4.60. The minimum absolute atomic E-state index is 0.234. The molecule has 0 saturated carbocycles. The van der Waals surface area contributed by atoms with Crippen molar-refractivity contribution < 1.29 is 4.79 Å². The number of nitrogens with one attached hydrogen (secondary N) is 1. The van der Waals surface area contributed by atoms with Crippen LogP contribution in [0.5, 0.6) is 0 Å². The predicted molar refractivity (Wildman–Crippen MR) is 119 cm³/mol. The van der Waals surface area contributed by atoms with Crippen molar-refractivity contribution in [3.63, 3.8) is 0 Å². The Labute approximate surface area is 189 Å². The molecule has 4 aromatic rings. The molecule has 3 aromatic heterocycles. The van der Waals surface area contributed by atoms with E-state index in [-0.39, 0.29) is 16.3 Å². The first-order valence-corrected chi connectivity index (χ1v) is 11.0. The van der Waals surface area contributed by atoms with E-state index in [4.69, 9.17) is 5.26 Å². The Morgan fingerprint density at radius 2 is 1.97 bits per heavy atom. The summed E-state index contributed by atoms with van der Waals surface area (Å²) in [6.45, 7) is -0.458. The lowest BCUT2D eigenvalue weighted by molar-refractivity contribution is -0.116. The van der Waals surface area contributed by atoms with Gasteiger partial charge in [-0.05, 0) is 17.7 Å². The van der Waals surface area contributed by atoms with Crippen LogP contribution in [0, 0.1) is 11.3 Å². The maximum absolute atomic E-state index is 12.7. The van der Waals surface area contributed by atoms with Gasteiger partial charge >= 0.3 is 5.69 Å². The number of carbonyl (C=O) groups excluding carboxylic acids is 1. The minimum Gasteiger partial charge on any atom is -0.328 e. The van der Waals surface area contributed by atoms with Gasteiger partial charge in [-0.2, -0.15) is 5.26 Å². The van der Waals surface area contributed by atoms with Crippen LogP contribution in [0.15, 0.2) is 44.5 Å². The molecule has 0 fully saturated rings. The van der Waals surface area contributed by atoms with E-state index in [0.717, 1.165) is 10.1 Å². The average Bonchev–Trinajstić information content (AvgIpc) is 3.40. The number of amides is 1. The highest BCUT2D eigenvalue weighted by Crippen LogP contribution is 2.28. The van der Waals surface area contributed by atoms with E-state index >= 15 is 0 Å². The molecule has 1 aromatic carbocycles. The molecule has 0 aliphatic heterocycles. The van der Waals surface area contributed by atoms with Gasteiger partial charge in [0.15, 0.2) is 15.5 Å². The molecule has 1 amide bonds. The number of thioether (sulfide) groups is 1. The highest BCUT2D eigenvalue weighted by Gasteiger charge is 2.18. The normalized spacial score (nSPS) is 10.9. The fourth-order valence-corrected chi connectivity index (χ4v) is 4.70. The van der Waals surface area contributed by atoms with Crippen LogP contribution in [0.4, 0.5) is 5.13 Å². The minimum atomic E-state index is -0.632. The quantitative estimate of drug-likeness (QED) is 0.327. The van der Waals surface area contributed by atoms with E-state index in [2.05, 4.69) is 26.6 Å². The lowest BCUT2D eigenvalue weighted by Crippen LogP contribution is -2.42. The zero-order valence-electron chi connectivity index (χ0n) is 17.0. The van der Waals surface area contributed by atoms with Crippen molar-refractivity contribution in [2.45, 2.75) is 16.6 Å². The lowest BCUT2D eigenvalue weighted by atomic mass is 10.2. The molecule has 0 spiro atoms. The van der Waals surface area contributed by atoms with Gasteiger partial charge in [0, 0.05) is 19.8 Å². The molecule has 162 valence electrons. The van der Waals surface area contributed by atoms with Crippen LogP contribution in [-0.2, 0) is 31.2 Å². The van der Waals surface area contributed by atoms with Gasteiger partial charge in [-0.15, -0.1) is 10.2 Å². The molecule has 0 radical (unpaired) electrons. The van der Waals surface area contributed by atoms with Crippen molar-refractivity contribution in [1.29, 1.82) is 5.26 Å². The summed E-state index contributed by atoms with van der Waals surface area (Å²) in [7, 11) is 3.14. The average molecular weight is 469 g/mol. The van der Waals surface area contributed by atoms with Gasteiger partial charge in [0.25, 0.3) is 5.56 Å². The Morgan fingerprint density at radius 1 is 1.22 bits per heavy atom. The van der Waals surface area contributed by atoms with Gasteiger partial charge in [-0.3, -0.25) is 19.5 Å². The highest BCUT2D eigenvalue weighted by molar-refractivity contribution is 8.00. The number of hydrogen-bond donors (Lipinski definition) is 1. The third-order valence-corrected chi connectivity index (χ3v) is 6.64. The van der Waals surface area contributed by atoms with Crippen LogP contribution in [0.25, 0.3) is 11.2 Å². The summed E-state index contributed by atoms with van der Waals surface area (Å²) >= 11 is 2.63. The van der Waals surface area contributed by atoms with Crippen molar-refractivity contribution in [2.24, 2.45) is 14.1 Å². The SMILES string of the molecule is Cn1cnc2c1c(=O)n(CC(=O)Nc1nnc(SCc3ccc(C#N)cc3)s1)c(=O)n2C. The van der Waals surface area contributed by atoms with Crippen molar-refractivity contribution in [3.05, 3.63) is 62.6 Å². The fourth-order valence-electron chi connectivity index (χ4n) is 2.98. The number of anilines is 1. The second-order valence-corrected chi connectivity index (χ2v) is 8.98. The van der Waals surface area contributed by atoms with Crippen molar-refractivity contribution >= 4 is 45.3 Å². The second kappa shape index (κ2) is 8.77. The Kier molecular flexibility index (Phi) is 5.89. The van der Waals surface area contributed by atoms with E-state index in [9.17, 15) is 14.4 Å². The zero-order chi connectivity index (χ0) is 22.8. The van der Waals surface area contributed by atoms with Gasteiger partial charge in [-0.1, -0.05) is 35.2 Å². The maximum atomic E-state index is 12.7. The van der Waals surface area contributed by atoms with E-state index in [1.54, 1.807) is 19.2 Å². The number of aromatic nitrogens is 6. The third kappa shape index (κ3) is 4.18. The summed E-state index contributed by atoms with van der Waals surface area (Å²) in [6.07, 6.45) is 1.44. The predicted octanol–water partition coefficient (Wildman–Crippen LogP) is 1.09. The van der Waals surface area contributed by atoms with Gasteiger partial charge in [-0.25, -0.2) is 14.3 Å². The number of rotatable bonds is 6. The van der Waals surface area contributed by atoms with Crippen LogP contribution in [0.1, 0.15) is 11.1 Å². The van der Waals surface area contributed by atoms with Crippen LogP contribution in [0.2, 0.25) is 0 Å². The molecule has 11 nitrogen and oxygen atoms in total. The first-order chi connectivity index (χ1) is 15.4. The molecule has 1 N–H and O–H groups in total. The van der Waals surface area contributed by atoms with Crippen molar-refractivity contribution in [1.82, 2.24) is 28.9 Å². The first-order valence-electron chi connectivity index (χ1n) is 9.23. The van der Waals surface area contributed by atoms with Crippen molar-refractivity contribution in [2.75, 3.05) is 5.32 Å². The van der Waals surface area contributed by atoms with E-state index < -0.39 is 23.7 Å². The molecular formula is C19H16N8O3S2. The van der Waals surface area contributed by atoms with Crippen LogP contribution in [0.3, 0.4) is 0 Å². The van der Waals surface area contributed by atoms with E-state index in [0.29, 0.717) is 15.7 Å². The number of fused-ring (bicyclic) bond motifs is 1. The fraction of sp³-hybridized carbons (Fsp3) is 0.211. The molecule has 4 rings (SSSR count). The van der Waals surface area contributed by atoms with Gasteiger partial charge in [0.2, 0.25) is 11.0 Å². The standard InChI is InChI=1S/C19H16N8O3S2/c1-25-10-21-15-14(25)16(29)27(19(30)26(15)2)8-13(28)22-17-23-24-18(32-17)31-9-12-5-3-11(7-20)4-6-12/h3-6,10H,8-9H2,1-2H3,(H,22,23,28). The molecular weight excluding hydrogens is 452 g/mol. The van der Waals surface area contributed by atoms with Crippen LogP contribution < -0.4 is 16.6 Å². The Morgan fingerprint density at radius 3 is 2.69 bits per heavy atom. The van der Waals surface area contributed by atoms with Gasteiger partial charge in [0.1, 0.15) is 6.54 Å². The highest BCUT2D eigenvalue weighted by atomic mass is 32.2. The summed E-state index contributed by atoms with van der Waals surface area (Å²) < 4.78 is 4.25. The molecule has 13 heteroatoms. The number of hydrogen-bond acceptors (Lipinski definition) is 9. The smallest absolute Gasteiger partial charge is 0.328 e. The number of imidazole rings is 1. The molecule has 0 unspecified atom stereocenters. The summed E-state index contributed by atoms with van der Waals surface area (Å²) in [4.78, 5) is 41.7. The Bertz CT molecular complexity index is 1470. The molecule has 3 heterocycles. The molecule has 0 aliphatic rings. The largest absolute Gasteiger partial charge is 0.332 e. The monoisotopic (exact) mass is 468 g/mol. The molecule has 32 heavy (non-hydrogen) atoms. The van der Waals surface area contributed by atoms with E-state index in [1.807, 2.05) is 12.1 Å². The molecule has 0 atom stereocenters. The topological polar surface area (TPSA) is 140 Å². The summed E-state index contributed by atoms with van der Waals surface area (Å²) in [5.74, 6) is 0.0651. The van der Waals surface area contributed by atoms with Crippen molar-refractivity contribution in [3.8, 4) is 6.07 Å². The summed E-state index contributed by atoms with van der Waals surface area (Å²) in [5.41, 5.74) is 0.887. The molecule has 0 saturated heterocycles. The molecule has 0 bridgehead atoms. The number of nitriles is 1. The number of nitrogens with zero attached hydrogens (tertiary/aromatic N) is 7. The number of aryl methyl sites for hydroxylation is 2. The van der Waals surface area contributed by atoms with E-state index in [1.165, 1.54) is 45.6 Å². The summed E-state index contributed by atoms with van der Waals surface area (Å²) in [5, 5.41) is 19.7. The summed E-state index contributed by atoms with van der Waals surface area (Å²) in [6, 6.07) is 9.30. The second-order valence-electron chi connectivity index (χ2n) is 6.78. The number of benzene rings is 1.